The fraction of sp³-hybridized carbons (Fsp3) is 0.400. The van der Waals surface area contributed by atoms with E-state index in [-0.39, 0.29) is 24.0 Å². The number of benzene rings is 1. The molecule has 1 unspecified atom stereocenters. The summed E-state index contributed by atoms with van der Waals surface area (Å²) in [6, 6.07) is 9.45. The zero-order valence-corrected chi connectivity index (χ0v) is 14.7. The van der Waals surface area contributed by atoms with Crippen LogP contribution < -0.4 is 15.4 Å². The second-order valence-electron chi connectivity index (χ2n) is 6.98. The highest BCUT2D eigenvalue weighted by molar-refractivity contribution is 5.95. The molecule has 1 fully saturated rings. The smallest absolute Gasteiger partial charge is 0.251 e. The highest BCUT2D eigenvalue weighted by Gasteiger charge is 2.36. The summed E-state index contributed by atoms with van der Waals surface area (Å²) in [5, 5.41) is 15.9. The second kappa shape index (κ2) is 6.96. The van der Waals surface area contributed by atoms with Gasteiger partial charge in [0.2, 0.25) is 0 Å². The summed E-state index contributed by atoms with van der Waals surface area (Å²) in [6.07, 6.45) is 3.66. The molecule has 0 saturated heterocycles. The summed E-state index contributed by atoms with van der Waals surface area (Å²) < 4.78 is 5.59. The van der Waals surface area contributed by atoms with Gasteiger partial charge in [0.15, 0.2) is 0 Å². The van der Waals surface area contributed by atoms with Crippen molar-refractivity contribution in [2.45, 2.75) is 31.4 Å². The fourth-order valence-electron chi connectivity index (χ4n) is 3.71. The van der Waals surface area contributed by atoms with E-state index in [1.165, 1.54) is 5.56 Å². The second-order valence-corrected chi connectivity index (χ2v) is 6.98. The Morgan fingerprint density at radius 1 is 1.31 bits per heavy atom. The first-order chi connectivity index (χ1) is 12.6. The van der Waals surface area contributed by atoms with Gasteiger partial charge in [-0.3, -0.25) is 4.79 Å². The van der Waals surface area contributed by atoms with E-state index >= 15 is 0 Å². The van der Waals surface area contributed by atoms with Crippen LogP contribution in [0.2, 0.25) is 0 Å². The van der Waals surface area contributed by atoms with Gasteiger partial charge in [-0.05, 0) is 54.2 Å². The van der Waals surface area contributed by atoms with Crippen LogP contribution in [-0.4, -0.2) is 35.8 Å². The standard InChI is InChI=1S/C20H23N3O3/c1-21-18-11-14(4-6-22-18)20(25)23-19(15-9-16(24)10-15)13-2-3-17-12(8-13)5-7-26-17/h2-4,6,8,11,15-16,19,24H,5,7,9-10H2,1H3,(H,21,22)(H,23,25). The molecule has 136 valence electrons. The third-order valence-electron chi connectivity index (χ3n) is 5.26. The number of aromatic nitrogens is 1. The molecular formula is C20H23N3O3. The Bertz CT molecular complexity index is 818. The van der Waals surface area contributed by atoms with Crippen molar-refractivity contribution in [3.05, 3.63) is 53.2 Å². The molecule has 2 heterocycles. The number of ether oxygens (including phenoxy) is 1. The van der Waals surface area contributed by atoms with E-state index < -0.39 is 0 Å². The molecule has 1 aromatic carbocycles. The van der Waals surface area contributed by atoms with Crippen LogP contribution >= 0.6 is 0 Å². The molecule has 1 amide bonds. The maximum atomic E-state index is 12.8. The number of carbonyl (C=O) groups excluding carboxylic acids is 1. The van der Waals surface area contributed by atoms with Gasteiger partial charge in [0.25, 0.3) is 5.91 Å². The first-order valence-electron chi connectivity index (χ1n) is 9.02. The Morgan fingerprint density at radius 3 is 2.92 bits per heavy atom. The van der Waals surface area contributed by atoms with Crippen molar-refractivity contribution in [1.82, 2.24) is 10.3 Å². The number of aliphatic hydroxyl groups is 1. The number of nitrogens with one attached hydrogen (secondary N) is 2. The van der Waals surface area contributed by atoms with Crippen molar-refractivity contribution in [3.8, 4) is 5.75 Å². The number of fused-ring (bicyclic) bond motifs is 1. The molecular weight excluding hydrogens is 330 g/mol. The van der Waals surface area contributed by atoms with E-state index in [1.54, 1.807) is 25.4 Å². The summed E-state index contributed by atoms with van der Waals surface area (Å²) in [5.74, 6) is 1.69. The van der Waals surface area contributed by atoms with Gasteiger partial charge in [-0.25, -0.2) is 4.98 Å². The molecule has 2 aromatic rings. The van der Waals surface area contributed by atoms with E-state index in [1.807, 2.05) is 12.1 Å². The molecule has 4 rings (SSSR count). The van der Waals surface area contributed by atoms with Crippen molar-refractivity contribution < 1.29 is 14.6 Å². The number of rotatable bonds is 5. The first kappa shape index (κ1) is 16.8. The third kappa shape index (κ3) is 3.24. The molecule has 0 spiro atoms. The van der Waals surface area contributed by atoms with Gasteiger partial charge >= 0.3 is 0 Å². The van der Waals surface area contributed by atoms with Gasteiger partial charge in [-0.2, -0.15) is 0 Å². The van der Waals surface area contributed by atoms with Crippen LogP contribution in [0.4, 0.5) is 5.82 Å². The lowest BCUT2D eigenvalue weighted by molar-refractivity contribution is 0.0235. The Morgan fingerprint density at radius 2 is 2.15 bits per heavy atom. The van der Waals surface area contributed by atoms with E-state index in [4.69, 9.17) is 4.74 Å². The SMILES string of the molecule is CNc1cc(C(=O)NC(c2ccc3c(c2)CCO3)C2CC(O)C2)ccn1. The predicted molar refractivity (Wildman–Crippen MR) is 98.4 cm³/mol. The number of anilines is 1. The maximum absolute atomic E-state index is 12.8. The average molecular weight is 353 g/mol. The van der Waals surface area contributed by atoms with Crippen LogP contribution in [0.1, 0.15) is 40.4 Å². The molecule has 0 radical (unpaired) electrons. The summed E-state index contributed by atoms with van der Waals surface area (Å²) in [5.41, 5.74) is 2.82. The number of hydrogen-bond acceptors (Lipinski definition) is 5. The quantitative estimate of drug-likeness (QED) is 0.768. The Labute approximate surface area is 152 Å². The molecule has 0 bridgehead atoms. The molecule has 1 aliphatic heterocycles. The monoisotopic (exact) mass is 353 g/mol. The fourth-order valence-corrected chi connectivity index (χ4v) is 3.71. The molecule has 2 aliphatic rings. The number of hydrogen-bond donors (Lipinski definition) is 3. The van der Waals surface area contributed by atoms with Gasteiger partial charge < -0.3 is 20.5 Å². The zero-order chi connectivity index (χ0) is 18.1. The molecule has 1 aromatic heterocycles. The lowest BCUT2D eigenvalue weighted by Gasteiger charge is -2.38. The minimum Gasteiger partial charge on any atom is -0.493 e. The largest absolute Gasteiger partial charge is 0.493 e. The summed E-state index contributed by atoms with van der Waals surface area (Å²) in [6.45, 7) is 0.710. The predicted octanol–water partition coefficient (Wildman–Crippen LogP) is 2.30. The Balaban J connectivity index is 1.58. The van der Waals surface area contributed by atoms with Crippen LogP contribution in [0.3, 0.4) is 0 Å². The number of amides is 1. The van der Waals surface area contributed by atoms with Crippen LogP contribution in [-0.2, 0) is 6.42 Å². The van der Waals surface area contributed by atoms with Crippen LogP contribution in [0, 0.1) is 5.92 Å². The minimum absolute atomic E-state index is 0.122. The average Bonchev–Trinajstić information content (AvgIpc) is 3.11. The number of carbonyl (C=O) groups is 1. The van der Waals surface area contributed by atoms with Crippen molar-refractivity contribution in [1.29, 1.82) is 0 Å². The zero-order valence-electron chi connectivity index (χ0n) is 14.7. The lowest BCUT2D eigenvalue weighted by atomic mass is 9.74. The van der Waals surface area contributed by atoms with Gasteiger partial charge in [0, 0.05) is 25.2 Å². The van der Waals surface area contributed by atoms with Crippen LogP contribution in [0.5, 0.6) is 5.75 Å². The van der Waals surface area contributed by atoms with E-state index in [0.29, 0.717) is 30.8 Å². The lowest BCUT2D eigenvalue weighted by Crippen LogP contribution is -2.41. The highest BCUT2D eigenvalue weighted by Crippen LogP contribution is 2.40. The Kier molecular flexibility index (Phi) is 4.51. The molecule has 6 nitrogen and oxygen atoms in total. The normalized spacial score (nSPS) is 21.9. The van der Waals surface area contributed by atoms with Crippen LogP contribution in [0.25, 0.3) is 0 Å². The molecule has 1 saturated carbocycles. The molecule has 26 heavy (non-hydrogen) atoms. The van der Waals surface area contributed by atoms with Crippen molar-refractivity contribution in [2.24, 2.45) is 5.92 Å². The topological polar surface area (TPSA) is 83.5 Å². The molecule has 1 atom stereocenters. The molecule has 1 aliphatic carbocycles. The Hall–Kier alpha value is -2.60. The summed E-state index contributed by atoms with van der Waals surface area (Å²) >= 11 is 0. The third-order valence-corrected chi connectivity index (χ3v) is 5.26. The van der Waals surface area contributed by atoms with Gasteiger partial charge in [0.05, 0.1) is 18.8 Å². The van der Waals surface area contributed by atoms with E-state index in [2.05, 4.69) is 21.7 Å². The highest BCUT2D eigenvalue weighted by atomic mass is 16.5. The molecule has 6 heteroatoms. The van der Waals surface area contributed by atoms with Crippen molar-refractivity contribution >= 4 is 11.7 Å². The minimum atomic E-state index is -0.269. The van der Waals surface area contributed by atoms with Gasteiger partial charge in [-0.1, -0.05) is 6.07 Å². The summed E-state index contributed by atoms with van der Waals surface area (Å²) in [4.78, 5) is 17.0. The number of nitrogens with zero attached hydrogens (tertiary/aromatic N) is 1. The number of pyridine rings is 1. The number of aliphatic hydroxyl groups excluding tert-OH is 1. The van der Waals surface area contributed by atoms with Gasteiger partial charge in [-0.15, -0.1) is 0 Å². The van der Waals surface area contributed by atoms with Gasteiger partial charge in [0.1, 0.15) is 11.6 Å². The van der Waals surface area contributed by atoms with Crippen molar-refractivity contribution in [2.75, 3.05) is 19.0 Å². The molecule has 3 N–H and O–H groups in total. The first-order valence-corrected chi connectivity index (χ1v) is 9.02. The van der Waals surface area contributed by atoms with E-state index in [9.17, 15) is 9.90 Å². The maximum Gasteiger partial charge on any atom is 0.251 e. The van der Waals surface area contributed by atoms with Crippen LogP contribution in [0.15, 0.2) is 36.5 Å². The van der Waals surface area contributed by atoms with E-state index in [0.717, 1.165) is 17.7 Å². The summed E-state index contributed by atoms with van der Waals surface area (Å²) in [7, 11) is 1.77. The van der Waals surface area contributed by atoms with Crippen molar-refractivity contribution in [3.63, 3.8) is 0 Å².